The van der Waals surface area contributed by atoms with Crippen LogP contribution in [0.4, 0.5) is 4.79 Å². The minimum Gasteiger partial charge on any atom is -0.481 e. The molecule has 0 fully saturated rings. The minimum absolute atomic E-state index is 0.106. The van der Waals surface area contributed by atoms with Crippen molar-refractivity contribution in [2.24, 2.45) is 11.0 Å². The molecule has 0 spiro atoms. The maximum Gasteiger partial charge on any atom is 0.433 e. The third kappa shape index (κ3) is 2.11. The number of carboxylic acid groups (broad SMARTS) is 4. The highest BCUT2D eigenvalue weighted by Gasteiger charge is 2.40. The topological polar surface area (TPSA) is 165 Å². The third-order valence-corrected chi connectivity index (χ3v) is 1.99. The van der Waals surface area contributed by atoms with Gasteiger partial charge in [-0.15, -0.1) is 0 Å². The summed E-state index contributed by atoms with van der Waals surface area (Å²) in [7, 11) is 0. The van der Waals surface area contributed by atoms with Crippen molar-refractivity contribution < 1.29 is 39.6 Å². The lowest BCUT2D eigenvalue weighted by Gasteiger charge is -2.22. The van der Waals surface area contributed by atoms with E-state index in [1.54, 1.807) is 0 Å². The molecule has 0 saturated carbocycles. The van der Waals surface area contributed by atoms with E-state index in [4.69, 9.17) is 20.4 Å². The molecule has 0 aromatic heterocycles. The number of amides is 1. The Balaban J connectivity index is 3.50. The summed E-state index contributed by atoms with van der Waals surface area (Å²) in [5.74, 6) is -7.24. The molecule has 10 nitrogen and oxygen atoms in total. The average Bonchev–Trinajstić information content (AvgIpc) is 2.26. The van der Waals surface area contributed by atoms with Gasteiger partial charge in [0.15, 0.2) is 5.70 Å². The van der Waals surface area contributed by atoms with E-state index < -0.39 is 41.2 Å². The van der Waals surface area contributed by atoms with Gasteiger partial charge >= 0.3 is 24.0 Å². The lowest BCUT2D eigenvalue weighted by molar-refractivity contribution is -0.142. The summed E-state index contributed by atoms with van der Waals surface area (Å²) in [6.07, 6.45) is -1.31. The molecule has 1 aliphatic rings. The molecule has 0 aromatic carbocycles. The van der Waals surface area contributed by atoms with Crippen molar-refractivity contribution in [1.82, 2.24) is 5.01 Å². The predicted octanol–water partition coefficient (Wildman–Crippen LogP) is -0.910. The highest BCUT2D eigenvalue weighted by atomic mass is 16.4. The van der Waals surface area contributed by atoms with Crippen molar-refractivity contribution in [3.63, 3.8) is 0 Å². The van der Waals surface area contributed by atoms with Gasteiger partial charge in [0.2, 0.25) is 0 Å². The van der Waals surface area contributed by atoms with Gasteiger partial charge in [-0.2, -0.15) is 10.1 Å². The number of carbonyl (C=O) groups is 4. The standard InChI is InChI=1S/C8H6N2O8/c11-5(12)2-1-9-10(8(17)18)4(7(15)16)3(2)6(13)14/h1-2H,(H,11,12)(H,13,14)(H,15,16)(H,17,18). The summed E-state index contributed by atoms with van der Waals surface area (Å²) in [4.78, 5) is 43.2. The molecule has 10 heteroatoms. The Morgan fingerprint density at radius 3 is 1.94 bits per heavy atom. The fourth-order valence-corrected chi connectivity index (χ4v) is 1.30. The van der Waals surface area contributed by atoms with Crippen LogP contribution in [-0.2, 0) is 14.4 Å². The van der Waals surface area contributed by atoms with E-state index in [2.05, 4.69) is 5.10 Å². The first-order chi connectivity index (χ1) is 8.27. The van der Waals surface area contributed by atoms with Crippen LogP contribution in [0.2, 0.25) is 0 Å². The van der Waals surface area contributed by atoms with E-state index in [1.807, 2.05) is 0 Å². The molecule has 4 N–H and O–H groups in total. The Bertz CT molecular complexity index is 461. The molecule has 1 aliphatic heterocycles. The van der Waals surface area contributed by atoms with Crippen LogP contribution in [0.15, 0.2) is 16.4 Å². The van der Waals surface area contributed by atoms with Gasteiger partial charge in [0, 0.05) is 6.21 Å². The zero-order valence-corrected chi connectivity index (χ0v) is 8.47. The number of carboxylic acids is 3. The summed E-state index contributed by atoms with van der Waals surface area (Å²) in [6, 6.07) is 0. The van der Waals surface area contributed by atoms with Crippen molar-refractivity contribution in [2.75, 3.05) is 0 Å². The zero-order chi connectivity index (χ0) is 14.0. The lowest BCUT2D eigenvalue weighted by Crippen LogP contribution is -2.38. The van der Waals surface area contributed by atoms with Gasteiger partial charge < -0.3 is 20.4 Å². The van der Waals surface area contributed by atoms with Gasteiger partial charge in [0.1, 0.15) is 5.92 Å². The number of nitrogens with zero attached hydrogens (tertiary/aromatic N) is 2. The van der Waals surface area contributed by atoms with Crippen molar-refractivity contribution in [1.29, 1.82) is 0 Å². The Morgan fingerprint density at radius 2 is 1.61 bits per heavy atom. The van der Waals surface area contributed by atoms with Crippen molar-refractivity contribution in [3.05, 3.63) is 11.3 Å². The highest BCUT2D eigenvalue weighted by molar-refractivity contribution is 6.10. The maximum atomic E-state index is 10.9. The van der Waals surface area contributed by atoms with Gasteiger partial charge in [0.25, 0.3) is 0 Å². The maximum absolute atomic E-state index is 10.9. The van der Waals surface area contributed by atoms with E-state index in [-0.39, 0.29) is 5.01 Å². The Hall–Kier alpha value is -2.91. The SMILES string of the molecule is O=C(O)C1=C(C(=O)O)N(C(=O)O)N=CC1C(=O)O. The first-order valence-electron chi connectivity index (χ1n) is 4.28. The normalized spacial score (nSPS) is 18.7. The fourth-order valence-electron chi connectivity index (χ4n) is 1.30. The van der Waals surface area contributed by atoms with Crippen molar-refractivity contribution in [2.45, 2.75) is 0 Å². The molecular weight excluding hydrogens is 252 g/mol. The van der Waals surface area contributed by atoms with Crippen molar-refractivity contribution >= 4 is 30.2 Å². The largest absolute Gasteiger partial charge is 0.481 e. The summed E-state index contributed by atoms with van der Waals surface area (Å²) in [5, 5.41) is 38.0. The quantitative estimate of drug-likeness (QED) is 0.504. The molecular formula is C8H6N2O8. The lowest BCUT2D eigenvalue weighted by atomic mass is 9.96. The van der Waals surface area contributed by atoms with Gasteiger partial charge in [-0.05, 0) is 0 Å². The molecule has 1 amide bonds. The zero-order valence-electron chi connectivity index (χ0n) is 8.47. The molecule has 0 radical (unpaired) electrons. The Kier molecular flexibility index (Phi) is 3.31. The number of hydrogen-bond donors (Lipinski definition) is 4. The summed E-state index contributed by atoms with van der Waals surface area (Å²) in [5.41, 5.74) is -2.29. The molecule has 1 unspecified atom stereocenters. The summed E-state index contributed by atoms with van der Waals surface area (Å²) < 4.78 is 0. The minimum atomic E-state index is -1.90. The van der Waals surface area contributed by atoms with Crippen LogP contribution >= 0.6 is 0 Å². The number of rotatable bonds is 3. The summed E-state index contributed by atoms with van der Waals surface area (Å²) in [6.45, 7) is 0. The predicted molar refractivity (Wildman–Crippen MR) is 51.8 cm³/mol. The van der Waals surface area contributed by atoms with E-state index in [9.17, 15) is 19.2 Å². The first kappa shape index (κ1) is 13.2. The second kappa shape index (κ2) is 4.53. The van der Waals surface area contributed by atoms with Crippen LogP contribution in [-0.4, -0.2) is 55.7 Å². The van der Waals surface area contributed by atoms with Gasteiger partial charge in [-0.1, -0.05) is 0 Å². The molecule has 0 aromatic rings. The first-order valence-corrected chi connectivity index (χ1v) is 4.28. The number of aliphatic carboxylic acids is 3. The molecule has 18 heavy (non-hydrogen) atoms. The van der Waals surface area contributed by atoms with Crippen LogP contribution in [0.25, 0.3) is 0 Å². The summed E-state index contributed by atoms with van der Waals surface area (Å²) >= 11 is 0. The second-order valence-corrected chi connectivity index (χ2v) is 3.05. The smallest absolute Gasteiger partial charge is 0.433 e. The molecule has 0 aliphatic carbocycles. The molecule has 96 valence electrons. The van der Waals surface area contributed by atoms with E-state index in [0.717, 1.165) is 0 Å². The molecule has 0 saturated heterocycles. The van der Waals surface area contributed by atoms with Crippen LogP contribution in [0.5, 0.6) is 0 Å². The van der Waals surface area contributed by atoms with E-state index >= 15 is 0 Å². The van der Waals surface area contributed by atoms with Gasteiger partial charge in [0.05, 0.1) is 5.57 Å². The van der Waals surface area contributed by atoms with Gasteiger partial charge in [-0.3, -0.25) is 4.79 Å². The highest BCUT2D eigenvalue weighted by Crippen LogP contribution is 2.24. The van der Waals surface area contributed by atoms with E-state index in [0.29, 0.717) is 6.21 Å². The Labute approximate surface area is 98.0 Å². The second-order valence-electron chi connectivity index (χ2n) is 3.05. The fraction of sp³-hybridized carbons (Fsp3) is 0.125. The van der Waals surface area contributed by atoms with Crippen LogP contribution in [0.1, 0.15) is 0 Å². The van der Waals surface area contributed by atoms with E-state index in [1.165, 1.54) is 0 Å². The van der Waals surface area contributed by atoms with Crippen LogP contribution in [0, 0.1) is 5.92 Å². The molecule has 1 atom stereocenters. The third-order valence-electron chi connectivity index (χ3n) is 1.99. The number of hydrazone groups is 1. The van der Waals surface area contributed by atoms with Crippen LogP contribution in [0.3, 0.4) is 0 Å². The van der Waals surface area contributed by atoms with Crippen LogP contribution < -0.4 is 0 Å². The molecule has 1 rings (SSSR count). The molecule has 0 bridgehead atoms. The average molecular weight is 258 g/mol. The van der Waals surface area contributed by atoms with Gasteiger partial charge in [-0.25, -0.2) is 14.4 Å². The Morgan fingerprint density at radius 1 is 1.06 bits per heavy atom. The number of hydrogen-bond acceptors (Lipinski definition) is 5. The van der Waals surface area contributed by atoms with Crippen molar-refractivity contribution in [3.8, 4) is 0 Å². The monoisotopic (exact) mass is 258 g/mol. The molecule has 1 heterocycles.